The molecule has 1 rings (SSSR count). The first kappa shape index (κ1) is 12.0. The summed E-state index contributed by atoms with van der Waals surface area (Å²) < 4.78 is 0. The molecule has 0 aliphatic heterocycles. The largest absolute Gasteiger partial charge is 0.478 e. The molecule has 1 N–H and O–H groups in total. The lowest BCUT2D eigenvalue weighted by Crippen LogP contribution is -2.02. The molecule has 0 amide bonds. The van der Waals surface area contributed by atoms with Gasteiger partial charge in [0, 0.05) is 5.33 Å². The van der Waals surface area contributed by atoms with Gasteiger partial charge in [-0.3, -0.25) is 0 Å². The predicted molar refractivity (Wildman–Crippen MR) is 65.6 cm³/mol. The Labute approximate surface area is 97.8 Å². The van der Waals surface area contributed by atoms with Gasteiger partial charge >= 0.3 is 5.97 Å². The van der Waals surface area contributed by atoms with Gasteiger partial charge in [-0.15, -0.1) is 0 Å². The van der Waals surface area contributed by atoms with Gasteiger partial charge in [-0.05, 0) is 24.5 Å². The van der Waals surface area contributed by atoms with Crippen molar-refractivity contribution in [2.24, 2.45) is 0 Å². The monoisotopic (exact) mass is 268 g/mol. The second kappa shape index (κ2) is 5.71. The number of rotatable bonds is 4. The van der Waals surface area contributed by atoms with Crippen LogP contribution in [0.4, 0.5) is 0 Å². The molecule has 0 saturated heterocycles. The summed E-state index contributed by atoms with van der Waals surface area (Å²) in [6, 6.07) is 5.50. The Bertz CT molecular complexity index is 383. The standard InChI is InChI=1S/C12H13BrO2/c1-9-5-4-7-10(6-2-3-8-13)11(9)12(14)15/h2,4-7H,3,8H2,1H3,(H,14,15). The summed E-state index contributed by atoms with van der Waals surface area (Å²) in [5, 5.41) is 9.95. The summed E-state index contributed by atoms with van der Waals surface area (Å²) in [6.07, 6.45) is 4.72. The van der Waals surface area contributed by atoms with Crippen molar-refractivity contribution < 1.29 is 9.90 Å². The van der Waals surface area contributed by atoms with E-state index in [9.17, 15) is 4.79 Å². The van der Waals surface area contributed by atoms with Crippen LogP contribution in [0.25, 0.3) is 6.08 Å². The molecule has 0 heterocycles. The fourth-order valence-corrected chi connectivity index (χ4v) is 1.66. The van der Waals surface area contributed by atoms with Crippen molar-refractivity contribution in [2.75, 3.05) is 5.33 Å². The van der Waals surface area contributed by atoms with Gasteiger partial charge in [0.05, 0.1) is 5.56 Å². The zero-order valence-electron chi connectivity index (χ0n) is 8.53. The average molecular weight is 269 g/mol. The van der Waals surface area contributed by atoms with Crippen molar-refractivity contribution in [2.45, 2.75) is 13.3 Å². The maximum Gasteiger partial charge on any atom is 0.336 e. The van der Waals surface area contributed by atoms with E-state index in [-0.39, 0.29) is 0 Å². The molecule has 0 aliphatic rings. The van der Waals surface area contributed by atoms with Gasteiger partial charge in [0.15, 0.2) is 0 Å². The summed E-state index contributed by atoms with van der Waals surface area (Å²) in [5.74, 6) is -0.869. The molecule has 0 unspecified atom stereocenters. The Morgan fingerprint density at radius 2 is 2.27 bits per heavy atom. The van der Waals surface area contributed by atoms with Crippen molar-refractivity contribution in [3.05, 3.63) is 41.0 Å². The maximum absolute atomic E-state index is 11.0. The molecule has 3 heteroatoms. The molecule has 0 aliphatic carbocycles. The van der Waals surface area contributed by atoms with Crippen LogP contribution in [0, 0.1) is 6.92 Å². The number of halogens is 1. The van der Waals surface area contributed by atoms with Crippen molar-refractivity contribution >= 4 is 28.0 Å². The van der Waals surface area contributed by atoms with Crippen molar-refractivity contribution in [3.63, 3.8) is 0 Å². The zero-order chi connectivity index (χ0) is 11.3. The molecule has 2 nitrogen and oxygen atoms in total. The van der Waals surface area contributed by atoms with Crippen molar-refractivity contribution in [3.8, 4) is 0 Å². The molecular formula is C12H13BrO2. The van der Waals surface area contributed by atoms with E-state index in [4.69, 9.17) is 5.11 Å². The van der Waals surface area contributed by atoms with Gasteiger partial charge in [-0.25, -0.2) is 4.79 Å². The minimum Gasteiger partial charge on any atom is -0.478 e. The molecule has 15 heavy (non-hydrogen) atoms. The molecule has 0 radical (unpaired) electrons. The van der Waals surface area contributed by atoms with Crippen LogP contribution in [0.1, 0.15) is 27.9 Å². The van der Waals surface area contributed by atoms with E-state index in [1.54, 1.807) is 0 Å². The van der Waals surface area contributed by atoms with Crippen molar-refractivity contribution in [1.82, 2.24) is 0 Å². The Kier molecular flexibility index (Phi) is 4.56. The lowest BCUT2D eigenvalue weighted by Gasteiger charge is -2.04. The van der Waals surface area contributed by atoms with E-state index >= 15 is 0 Å². The highest BCUT2D eigenvalue weighted by molar-refractivity contribution is 9.09. The lowest BCUT2D eigenvalue weighted by molar-refractivity contribution is 0.0696. The highest BCUT2D eigenvalue weighted by Gasteiger charge is 2.10. The highest BCUT2D eigenvalue weighted by atomic mass is 79.9. The van der Waals surface area contributed by atoms with E-state index in [1.165, 1.54) is 0 Å². The number of allylic oxidation sites excluding steroid dienone is 1. The van der Waals surface area contributed by atoms with Crippen LogP contribution in [-0.2, 0) is 0 Å². The minimum absolute atomic E-state index is 0.392. The van der Waals surface area contributed by atoms with E-state index in [0.717, 1.165) is 22.9 Å². The summed E-state index contributed by atoms with van der Waals surface area (Å²) in [5.41, 5.74) is 1.95. The molecule has 1 aromatic carbocycles. The Morgan fingerprint density at radius 3 is 2.87 bits per heavy atom. The SMILES string of the molecule is Cc1cccc(C=CCCBr)c1C(=O)O. The molecule has 0 bridgehead atoms. The molecule has 0 fully saturated rings. The zero-order valence-corrected chi connectivity index (χ0v) is 10.1. The Morgan fingerprint density at radius 1 is 1.53 bits per heavy atom. The second-order valence-electron chi connectivity index (χ2n) is 3.22. The fourth-order valence-electron chi connectivity index (χ4n) is 1.39. The van der Waals surface area contributed by atoms with Gasteiger partial charge in [-0.2, -0.15) is 0 Å². The van der Waals surface area contributed by atoms with E-state index in [2.05, 4.69) is 15.9 Å². The first-order valence-corrected chi connectivity index (χ1v) is 5.84. The van der Waals surface area contributed by atoms with Gasteiger partial charge in [0.25, 0.3) is 0 Å². The molecule has 0 aromatic heterocycles. The van der Waals surface area contributed by atoms with Crippen molar-refractivity contribution in [1.29, 1.82) is 0 Å². The Hall–Kier alpha value is -1.09. The smallest absolute Gasteiger partial charge is 0.336 e. The summed E-state index contributed by atoms with van der Waals surface area (Å²) >= 11 is 3.32. The normalized spacial score (nSPS) is 10.8. The first-order chi connectivity index (χ1) is 7.16. The second-order valence-corrected chi connectivity index (χ2v) is 4.02. The first-order valence-electron chi connectivity index (χ1n) is 4.72. The van der Waals surface area contributed by atoms with Crippen LogP contribution in [0.5, 0.6) is 0 Å². The van der Waals surface area contributed by atoms with Crippen LogP contribution in [0.2, 0.25) is 0 Å². The number of carbonyl (C=O) groups is 1. The molecule has 0 spiro atoms. The van der Waals surface area contributed by atoms with Crippen LogP contribution < -0.4 is 0 Å². The third-order valence-corrected chi connectivity index (χ3v) is 2.55. The number of hydrogen-bond donors (Lipinski definition) is 1. The van der Waals surface area contributed by atoms with Crippen LogP contribution in [0.15, 0.2) is 24.3 Å². The number of benzene rings is 1. The number of aromatic carboxylic acids is 1. The molecule has 0 atom stereocenters. The fraction of sp³-hybridized carbons (Fsp3) is 0.250. The number of aryl methyl sites for hydroxylation is 1. The highest BCUT2D eigenvalue weighted by Crippen LogP contribution is 2.16. The number of hydrogen-bond acceptors (Lipinski definition) is 1. The quantitative estimate of drug-likeness (QED) is 0.849. The van der Waals surface area contributed by atoms with Gasteiger partial charge < -0.3 is 5.11 Å². The Balaban J connectivity index is 3.06. The van der Waals surface area contributed by atoms with E-state index in [0.29, 0.717) is 5.56 Å². The third-order valence-electron chi connectivity index (χ3n) is 2.09. The average Bonchev–Trinajstić information content (AvgIpc) is 2.17. The van der Waals surface area contributed by atoms with Crippen LogP contribution in [-0.4, -0.2) is 16.4 Å². The van der Waals surface area contributed by atoms with Gasteiger partial charge in [0.1, 0.15) is 0 Å². The minimum atomic E-state index is -0.869. The number of carboxylic acids is 1. The summed E-state index contributed by atoms with van der Waals surface area (Å²) in [7, 11) is 0. The van der Waals surface area contributed by atoms with Crippen LogP contribution in [0.3, 0.4) is 0 Å². The molecule has 80 valence electrons. The topological polar surface area (TPSA) is 37.3 Å². The lowest BCUT2D eigenvalue weighted by atomic mass is 10.0. The summed E-state index contributed by atoms with van der Waals surface area (Å²) in [4.78, 5) is 11.0. The van der Waals surface area contributed by atoms with Crippen LogP contribution >= 0.6 is 15.9 Å². The molecule has 0 saturated carbocycles. The summed E-state index contributed by atoms with van der Waals surface area (Å²) in [6.45, 7) is 1.81. The van der Waals surface area contributed by atoms with Gasteiger partial charge in [0.2, 0.25) is 0 Å². The number of carboxylic acid groups (broad SMARTS) is 1. The van der Waals surface area contributed by atoms with E-state index in [1.807, 2.05) is 37.3 Å². The van der Waals surface area contributed by atoms with Gasteiger partial charge in [-0.1, -0.05) is 46.3 Å². The molecule has 1 aromatic rings. The third kappa shape index (κ3) is 3.20. The molecular weight excluding hydrogens is 256 g/mol. The predicted octanol–water partition coefficient (Wildman–Crippen LogP) is 3.49. The number of alkyl halides is 1. The maximum atomic E-state index is 11.0. The van der Waals surface area contributed by atoms with E-state index < -0.39 is 5.97 Å².